The summed E-state index contributed by atoms with van der Waals surface area (Å²) < 4.78 is 23.9. The number of nitrogens with zero attached hydrogens (tertiary/aromatic N) is 2. The van der Waals surface area contributed by atoms with Crippen LogP contribution in [-0.2, 0) is 19.6 Å². The van der Waals surface area contributed by atoms with E-state index in [0.717, 1.165) is 9.21 Å². The number of sulfonamides is 1. The van der Waals surface area contributed by atoms with Crippen molar-refractivity contribution in [3.8, 4) is 0 Å². The summed E-state index contributed by atoms with van der Waals surface area (Å²) in [4.78, 5) is 22.8. The first-order valence-corrected chi connectivity index (χ1v) is 6.37. The molecular formula is C8H14N2O5S. The standard InChI is InChI=1S/C8H14N2O5S/c1-9(6-8(12)13)7(11)5-10-3-2-4-16(10,14)15/h2-6H2,1H3,(H,12,13). The number of aliphatic carboxylic acids is 1. The molecule has 1 aliphatic rings. The third-order valence-electron chi connectivity index (χ3n) is 2.31. The third-order valence-corrected chi connectivity index (χ3v) is 4.22. The largest absolute Gasteiger partial charge is 0.480 e. The van der Waals surface area contributed by atoms with E-state index in [2.05, 4.69) is 0 Å². The predicted molar refractivity (Wildman–Crippen MR) is 55.2 cm³/mol. The molecule has 0 aromatic heterocycles. The quantitative estimate of drug-likeness (QED) is 0.659. The van der Waals surface area contributed by atoms with E-state index < -0.39 is 28.4 Å². The topological polar surface area (TPSA) is 95.0 Å². The molecule has 0 unspecified atom stereocenters. The summed E-state index contributed by atoms with van der Waals surface area (Å²) >= 11 is 0. The molecule has 0 spiro atoms. The van der Waals surface area contributed by atoms with Gasteiger partial charge in [-0.1, -0.05) is 0 Å². The minimum atomic E-state index is -3.31. The smallest absolute Gasteiger partial charge is 0.323 e. The number of carbonyl (C=O) groups is 2. The number of carboxylic acid groups (broad SMARTS) is 1. The lowest BCUT2D eigenvalue weighted by Gasteiger charge is -2.19. The number of hydrogen-bond acceptors (Lipinski definition) is 4. The van der Waals surface area contributed by atoms with Gasteiger partial charge in [-0.2, -0.15) is 4.31 Å². The molecule has 0 atom stereocenters. The minimum Gasteiger partial charge on any atom is -0.480 e. The van der Waals surface area contributed by atoms with E-state index in [0.29, 0.717) is 13.0 Å². The van der Waals surface area contributed by atoms with Crippen LogP contribution in [0.4, 0.5) is 0 Å². The number of carboxylic acids is 1. The lowest BCUT2D eigenvalue weighted by atomic mass is 10.4. The van der Waals surface area contributed by atoms with Gasteiger partial charge in [0.1, 0.15) is 6.54 Å². The normalized spacial score (nSPS) is 19.6. The monoisotopic (exact) mass is 250 g/mol. The number of likely N-dealkylation sites (N-methyl/N-ethyl adjacent to an activating group) is 1. The maximum atomic E-state index is 11.5. The Morgan fingerprint density at radius 2 is 2.06 bits per heavy atom. The van der Waals surface area contributed by atoms with Gasteiger partial charge in [0, 0.05) is 13.6 Å². The molecule has 1 rings (SSSR count). The van der Waals surface area contributed by atoms with E-state index in [9.17, 15) is 18.0 Å². The van der Waals surface area contributed by atoms with Crippen LogP contribution in [0, 0.1) is 0 Å². The zero-order valence-electron chi connectivity index (χ0n) is 8.92. The first-order valence-electron chi connectivity index (χ1n) is 4.76. The second-order valence-corrected chi connectivity index (χ2v) is 5.74. The van der Waals surface area contributed by atoms with Crippen molar-refractivity contribution in [3.05, 3.63) is 0 Å². The van der Waals surface area contributed by atoms with Crippen molar-refractivity contribution in [1.29, 1.82) is 0 Å². The zero-order chi connectivity index (χ0) is 12.3. The van der Waals surface area contributed by atoms with Crippen molar-refractivity contribution < 1.29 is 23.1 Å². The fourth-order valence-electron chi connectivity index (χ4n) is 1.43. The Labute approximate surface area is 93.7 Å². The van der Waals surface area contributed by atoms with Gasteiger partial charge >= 0.3 is 5.97 Å². The highest BCUT2D eigenvalue weighted by Gasteiger charge is 2.30. The van der Waals surface area contributed by atoms with Crippen LogP contribution in [0.2, 0.25) is 0 Å². The molecule has 0 saturated carbocycles. The van der Waals surface area contributed by atoms with Crippen molar-refractivity contribution in [3.63, 3.8) is 0 Å². The lowest BCUT2D eigenvalue weighted by molar-refractivity contribution is -0.143. The van der Waals surface area contributed by atoms with Gasteiger partial charge < -0.3 is 10.0 Å². The Kier molecular flexibility index (Phi) is 3.87. The van der Waals surface area contributed by atoms with Crippen LogP contribution in [0.15, 0.2) is 0 Å². The van der Waals surface area contributed by atoms with Crippen LogP contribution >= 0.6 is 0 Å². The molecule has 1 aliphatic heterocycles. The maximum absolute atomic E-state index is 11.5. The highest BCUT2D eigenvalue weighted by molar-refractivity contribution is 7.89. The van der Waals surface area contributed by atoms with Gasteiger partial charge in [0.2, 0.25) is 15.9 Å². The Morgan fingerprint density at radius 1 is 1.44 bits per heavy atom. The fraction of sp³-hybridized carbons (Fsp3) is 0.750. The van der Waals surface area contributed by atoms with Gasteiger partial charge in [-0.25, -0.2) is 8.42 Å². The van der Waals surface area contributed by atoms with Gasteiger partial charge in [0.15, 0.2) is 0 Å². The molecule has 7 nitrogen and oxygen atoms in total. The highest BCUT2D eigenvalue weighted by Crippen LogP contribution is 2.12. The van der Waals surface area contributed by atoms with Crippen LogP contribution in [-0.4, -0.2) is 67.0 Å². The zero-order valence-corrected chi connectivity index (χ0v) is 9.73. The summed E-state index contributed by atoms with van der Waals surface area (Å²) in [5, 5.41) is 8.47. The van der Waals surface area contributed by atoms with Crippen molar-refractivity contribution in [2.75, 3.05) is 32.4 Å². The van der Waals surface area contributed by atoms with Gasteiger partial charge in [-0.3, -0.25) is 9.59 Å². The minimum absolute atomic E-state index is 0.0585. The number of hydrogen-bond donors (Lipinski definition) is 1. The highest BCUT2D eigenvalue weighted by atomic mass is 32.2. The molecule has 0 bridgehead atoms. The second kappa shape index (κ2) is 4.79. The molecule has 1 N–H and O–H groups in total. The third kappa shape index (κ3) is 3.17. The van der Waals surface area contributed by atoms with Gasteiger partial charge in [-0.05, 0) is 6.42 Å². The molecule has 1 fully saturated rings. The molecule has 0 aliphatic carbocycles. The van der Waals surface area contributed by atoms with Gasteiger partial charge in [0.25, 0.3) is 0 Å². The van der Waals surface area contributed by atoms with E-state index in [1.54, 1.807) is 0 Å². The summed E-state index contributed by atoms with van der Waals surface area (Å²) in [7, 11) is -1.97. The van der Waals surface area contributed by atoms with E-state index in [1.807, 2.05) is 0 Å². The summed E-state index contributed by atoms with van der Waals surface area (Å²) in [5.41, 5.74) is 0. The molecule has 1 saturated heterocycles. The molecule has 0 aromatic carbocycles. The molecule has 0 radical (unpaired) electrons. The summed E-state index contributed by atoms with van der Waals surface area (Å²) in [5.74, 6) is -1.57. The predicted octanol–water partition coefficient (Wildman–Crippen LogP) is -1.44. The first-order chi connectivity index (χ1) is 7.33. The number of amides is 1. The van der Waals surface area contributed by atoms with Crippen LogP contribution in [0.3, 0.4) is 0 Å². The average molecular weight is 250 g/mol. The van der Waals surface area contributed by atoms with Crippen LogP contribution < -0.4 is 0 Å². The Bertz CT molecular complexity index is 391. The maximum Gasteiger partial charge on any atom is 0.323 e. The van der Waals surface area contributed by atoms with Crippen LogP contribution in [0.5, 0.6) is 0 Å². The van der Waals surface area contributed by atoms with Crippen molar-refractivity contribution in [2.24, 2.45) is 0 Å². The summed E-state index contributed by atoms with van der Waals surface area (Å²) in [6.07, 6.45) is 0.512. The van der Waals surface area contributed by atoms with Gasteiger partial charge in [0.05, 0.1) is 12.3 Å². The van der Waals surface area contributed by atoms with E-state index >= 15 is 0 Å². The molecule has 16 heavy (non-hydrogen) atoms. The molecule has 8 heteroatoms. The average Bonchev–Trinajstić information content (AvgIpc) is 2.44. The fourth-order valence-corrected chi connectivity index (χ4v) is 2.90. The summed E-state index contributed by atoms with van der Waals surface area (Å²) in [6.45, 7) is -0.367. The second-order valence-electron chi connectivity index (χ2n) is 3.65. The van der Waals surface area contributed by atoms with E-state index in [1.165, 1.54) is 7.05 Å². The Morgan fingerprint density at radius 3 is 2.50 bits per heavy atom. The molecule has 92 valence electrons. The van der Waals surface area contributed by atoms with Crippen molar-refractivity contribution in [2.45, 2.75) is 6.42 Å². The SMILES string of the molecule is CN(CC(=O)O)C(=O)CN1CCCS1(=O)=O. The van der Waals surface area contributed by atoms with E-state index in [4.69, 9.17) is 5.11 Å². The van der Waals surface area contributed by atoms with Crippen molar-refractivity contribution >= 4 is 21.9 Å². The lowest BCUT2D eigenvalue weighted by Crippen LogP contribution is -2.41. The molecule has 0 aromatic rings. The van der Waals surface area contributed by atoms with Crippen LogP contribution in [0.1, 0.15) is 6.42 Å². The number of rotatable bonds is 4. The number of carbonyl (C=O) groups excluding carboxylic acids is 1. The molecule has 1 amide bonds. The summed E-state index contributed by atoms with van der Waals surface area (Å²) in [6, 6.07) is 0. The van der Waals surface area contributed by atoms with Crippen molar-refractivity contribution in [1.82, 2.24) is 9.21 Å². The Balaban J connectivity index is 2.55. The molecule has 1 heterocycles. The van der Waals surface area contributed by atoms with Crippen LogP contribution in [0.25, 0.3) is 0 Å². The molecular weight excluding hydrogens is 236 g/mol. The Hall–Kier alpha value is -1.15. The first kappa shape index (κ1) is 12.9. The van der Waals surface area contributed by atoms with E-state index in [-0.39, 0.29) is 12.3 Å². The van der Waals surface area contributed by atoms with Gasteiger partial charge in [-0.15, -0.1) is 0 Å².